The third-order valence-electron chi connectivity index (χ3n) is 16.9. The molecule has 3 amide bonds. The third kappa shape index (κ3) is 78.9. The first-order valence-corrected chi connectivity index (χ1v) is 43.9. The molecule has 0 spiro atoms. The second-order valence-electron chi connectivity index (χ2n) is 47.1. The number of amidine groups is 3. The summed E-state index contributed by atoms with van der Waals surface area (Å²) in [6.07, 6.45) is 5.67. The van der Waals surface area contributed by atoms with E-state index >= 15 is 0 Å². The number of rotatable bonds is 11. The van der Waals surface area contributed by atoms with Crippen molar-refractivity contribution in [2.24, 2.45) is 94.5 Å². The molecule has 26 nitrogen and oxygen atoms in total. The molecule has 1 aromatic rings. The Balaban J connectivity index is -0.000000148. The summed E-state index contributed by atoms with van der Waals surface area (Å²) < 4.78 is 0. The van der Waals surface area contributed by atoms with Crippen molar-refractivity contribution in [1.82, 2.24) is 73.7 Å². The molecule has 0 bridgehead atoms. The van der Waals surface area contributed by atoms with Crippen molar-refractivity contribution >= 4 is 59.2 Å². The van der Waals surface area contributed by atoms with Crippen LogP contribution < -0.4 is 4.90 Å². The number of urea groups is 1. The molecule has 0 aromatic carbocycles. The van der Waals surface area contributed by atoms with Gasteiger partial charge in [0.2, 0.25) is 11.9 Å². The van der Waals surface area contributed by atoms with Gasteiger partial charge in [-0.2, -0.15) is 0 Å². The number of likely N-dealkylation sites (N-methyl/N-ethyl adjacent to an activating group) is 3. The van der Waals surface area contributed by atoms with Crippen molar-refractivity contribution in [2.45, 2.75) is 271 Å². The quantitative estimate of drug-likeness (QED) is 0.115. The van der Waals surface area contributed by atoms with Gasteiger partial charge in [-0.05, 0) is 109 Å². The van der Waals surface area contributed by atoms with E-state index in [4.69, 9.17) is 4.99 Å². The van der Waals surface area contributed by atoms with Crippen LogP contribution in [0.4, 0.5) is 10.7 Å². The van der Waals surface area contributed by atoms with Crippen LogP contribution in [0.1, 0.15) is 271 Å². The molecule has 0 unspecified atom stereocenters. The van der Waals surface area contributed by atoms with Crippen molar-refractivity contribution in [3.05, 3.63) is 23.8 Å². The average Bonchev–Trinajstić information content (AvgIpc) is 1.28. The Morgan fingerprint density at radius 2 is 0.833 bits per heavy atom. The van der Waals surface area contributed by atoms with Crippen LogP contribution in [0, 0.1) is 59.6 Å². The molecule has 0 saturated carbocycles. The van der Waals surface area contributed by atoms with Crippen LogP contribution in [-0.2, 0) is 24.3 Å². The van der Waals surface area contributed by atoms with Gasteiger partial charge in [-0.3, -0.25) is 34.7 Å². The fraction of sp³-hybridized carbons (Fsp3) is 0.869. The van der Waals surface area contributed by atoms with Crippen LogP contribution in [0.25, 0.3) is 5.32 Å². The zero-order valence-corrected chi connectivity index (χ0v) is 91.8. The number of hydrogen-bond donors (Lipinski definition) is 0. The topological polar surface area (TPSA) is 206 Å². The number of guanidine groups is 4. The molecule has 0 saturated heterocycles. The zero-order valence-electron chi connectivity index (χ0n) is 90.1. The maximum atomic E-state index is 11.4. The van der Waals surface area contributed by atoms with E-state index in [0.29, 0.717) is 44.4 Å². The minimum atomic E-state index is 0. The van der Waals surface area contributed by atoms with E-state index < -0.39 is 0 Å². The molecule has 0 fully saturated rings. The molecule has 0 N–H and O–H groups in total. The van der Waals surface area contributed by atoms with Crippen LogP contribution in [0.2, 0.25) is 0 Å². The summed E-state index contributed by atoms with van der Waals surface area (Å²) in [7, 11) is 41.4. The van der Waals surface area contributed by atoms with E-state index in [0.717, 1.165) is 146 Å². The number of aromatic nitrogens is 2. The Labute approximate surface area is 797 Å². The Kier molecular flexibility index (Phi) is 70.2. The number of amides is 3. The SMILES string of the molecule is C.C.C.C.CC(=NCC(C)(C)C)N(C)C.CN(C)C(=O)N(C)CC(C)(C)C.CN(C)CC(C)(C)C.CN(CC(C)(C)C)C1=NCC(=O)N1C.CN(CC(C)(C)C)C1=NCC(C)(C)CN1C.CN(CC(C)(C)C)c1ncccn1.CN1CCN=C1CC(C)(C)C.CN1CCN=C1N(C)CC(C)(C)C.CN=C(CC(C)(C)C)N(C)C.CN=C([N-]C)N(C)CC(C)(C)C.[Rh]. The van der Waals surface area contributed by atoms with E-state index in [1.165, 1.54) is 5.84 Å². The van der Waals surface area contributed by atoms with E-state index in [2.05, 4.69) is 360 Å². The Bertz CT molecular complexity index is 3200. The van der Waals surface area contributed by atoms with Crippen molar-refractivity contribution in [1.29, 1.82) is 0 Å². The van der Waals surface area contributed by atoms with Gasteiger partial charge in [0.1, 0.15) is 6.54 Å². The second-order valence-corrected chi connectivity index (χ2v) is 47.1. The number of nitrogens with zero attached hydrogens (tertiary/aromatic N) is 24. The van der Waals surface area contributed by atoms with Crippen LogP contribution >= 0.6 is 0 Å². The van der Waals surface area contributed by atoms with E-state index in [9.17, 15) is 9.59 Å². The molecular weight excluding hydrogens is 1660 g/mol. The molecule has 1 aromatic heterocycles. The number of carbonyl (C=O) groups is 2. The number of hydrogen-bond acceptors (Lipinski definition) is 19. The summed E-state index contributed by atoms with van der Waals surface area (Å²) in [5, 5.41) is 4.07. The number of anilines is 1. The predicted octanol–water partition coefficient (Wildman–Crippen LogP) is 19.8. The molecule has 0 aliphatic carbocycles. The molecule has 27 heteroatoms. The van der Waals surface area contributed by atoms with Gasteiger partial charge in [0.05, 0.1) is 30.6 Å². The third-order valence-corrected chi connectivity index (χ3v) is 16.9. The molecular formula is C99H215N24O2Rh-. The number of aliphatic imine (C=N–C) groups is 7. The zero-order chi connectivity index (χ0) is 96.6. The monoisotopic (exact) mass is 1880 g/mol. The standard InChI is InChI=1S/C13H27N3.C10H19N3O.C10H21N3.C10H17N3.C9H20N3.C9H20N2O.C9H18N2.2C9H20N2.C7H17N.4CH4.Rh/c1-12(2,3)9-15(6)11-14-8-13(4,5)10-16(11)7;1-10(2,3)7-12(4)9-11-6-8(14)13(9)5;1-10(2,3)8-13(5)9-11-6-7-12(9)4;1-10(2,3)8-13(4)9-11-6-5-7-12-9;1-9(2,3)7-12(6)8(10-4)11-5;1-9(2,3)7-11(6)8(12)10(4)5;1-9(2,3)7-8-10-5-6-11(8)4;1-9(2,3)7-8(10-4)11(5)6;1-8(11(5)6)10-7-9(2,3)4;1-7(2,3)6-8(4)5;;;;;/h8-10H2,1-7H3;6-7H2,1-5H3;6-8H2,1-5H3;5-7H,8H2,1-4H3;2*7H2,1-6H3;5-7H2,1-4H3;2*7H2,1-6H3;6H2,1-5H3;4*1H4;/q;;;;-1;;;;;;;;;;. The molecule has 5 heterocycles. The maximum Gasteiger partial charge on any atom is 0.319 e. The smallest absolute Gasteiger partial charge is 0.319 e. The summed E-state index contributed by atoms with van der Waals surface area (Å²) in [4.78, 5) is 90.2. The first-order valence-electron chi connectivity index (χ1n) is 43.9. The van der Waals surface area contributed by atoms with Gasteiger partial charge < -0.3 is 74.0 Å². The second kappa shape index (κ2) is 63.0. The molecule has 0 atom stereocenters. The summed E-state index contributed by atoms with van der Waals surface area (Å²) >= 11 is 0. The van der Waals surface area contributed by atoms with Crippen molar-refractivity contribution in [3.63, 3.8) is 0 Å². The van der Waals surface area contributed by atoms with Crippen LogP contribution in [0.3, 0.4) is 0 Å². The van der Waals surface area contributed by atoms with E-state index in [1.54, 1.807) is 62.3 Å². The van der Waals surface area contributed by atoms with Gasteiger partial charge in [0.25, 0.3) is 5.91 Å². The molecule has 5 rings (SSSR count). The predicted molar refractivity (Wildman–Crippen MR) is 562 cm³/mol. The minimum absolute atomic E-state index is 0. The van der Waals surface area contributed by atoms with Gasteiger partial charge in [0, 0.05) is 241 Å². The van der Waals surface area contributed by atoms with Gasteiger partial charge >= 0.3 is 6.03 Å². The largest absolute Gasteiger partial charge is 0.429 e. The molecule has 1 radical (unpaired) electrons. The fourth-order valence-electron chi connectivity index (χ4n) is 12.9. The Hall–Kier alpha value is -6.11. The maximum absolute atomic E-state index is 11.4. The van der Waals surface area contributed by atoms with Gasteiger partial charge in [-0.25, -0.2) is 19.8 Å². The van der Waals surface area contributed by atoms with E-state index in [-0.39, 0.29) is 82.8 Å². The van der Waals surface area contributed by atoms with Crippen LogP contribution in [0.5, 0.6) is 0 Å². The van der Waals surface area contributed by atoms with Gasteiger partial charge in [-0.1, -0.05) is 251 Å². The number of carbonyl (C=O) groups excluding carboxylic acids is 2. The van der Waals surface area contributed by atoms with Crippen LogP contribution in [0.15, 0.2) is 53.4 Å². The van der Waals surface area contributed by atoms with Crippen molar-refractivity contribution in [3.8, 4) is 0 Å². The van der Waals surface area contributed by atoms with Crippen molar-refractivity contribution < 1.29 is 29.1 Å². The molecule has 4 aliphatic heterocycles. The average molecular weight is 1880 g/mol. The molecule has 4 aliphatic rings. The Morgan fingerprint density at radius 1 is 0.452 bits per heavy atom. The first kappa shape index (κ1) is 140. The van der Waals surface area contributed by atoms with Crippen LogP contribution in [-0.4, -0.2) is 373 Å². The Morgan fingerprint density at radius 3 is 1.10 bits per heavy atom. The normalized spacial score (nSPS) is 14.7. The summed E-state index contributed by atoms with van der Waals surface area (Å²) in [6.45, 7) is 87.1. The summed E-state index contributed by atoms with van der Waals surface area (Å²) in [5.41, 5.74) is 3.34. The molecule has 126 heavy (non-hydrogen) atoms. The van der Waals surface area contributed by atoms with Gasteiger partial charge in [-0.15, -0.1) is 0 Å². The van der Waals surface area contributed by atoms with Crippen molar-refractivity contribution in [2.75, 3.05) is 251 Å². The fourth-order valence-corrected chi connectivity index (χ4v) is 12.9. The van der Waals surface area contributed by atoms with Gasteiger partial charge in [0.15, 0.2) is 11.9 Å². The summed E-state index contributed by atoms with van der Waals surface area (Å²) in [5.74, 6) is 8.26. The molecule has 753 valence electrons. The summed E-state index contributed by atoms with van der Waals surface area (Å²) in [6, 6.07) is 1.89. The minimum Gasteiger partial charge on any atom is -0.429 e. The first-order chi connectivity index (χ1) is 54.0. The van der Waals surface area contributed by atoms with E-state index in [1.807, 2.05) is 86.2 Å².